The standard InChI is InChI=1S/C15H21FN2O/c1-3-18-14(19)6-4-5-13(17)15(18)12-9-11(16)8-7-10(12)2/h7-9,13,15H,3-6,17H2,1-2H3. The van der Waals surface area contributed by atoms with Gasteiger partial charge in [-0.2, -0.15) is 0 Å². The number of nitrogens with zero attached hydrogens (tertiary/aromatic N) is 1. The molecule has 3 nitrogen and oxygen atoms in total. The number of nitrogens with two attached hydrogens (primary N) is 1. The lowest BCUT2D eigenvalue weighted by molar-refractivity contribution is -0.133. The van der Waals surface area contributed by atoms with Gasteiger partial charge in [0.15, 0.2) is 0 Å². The SMILES string of the molecule is CCN1C(=O)CCCC(N)C1c1cc(F)ccc1C. The molecule has 0 spiro atoms. The van der Waals surface area contributed by atoms with Crippen molar-refractivity contribution >= 4 is 5.91 Å². The Balaban J connectivity index is 2.47. The lowest BCUT2D eigenvalue weighted by Gasteiger charge is -2.34. The van der Waals surface area contributed by atoms with Gasteiger partial charge in [-0.1, -0.05) is 6.07 Å². The van der Waals surface area contributed by atoms with Gasteiger partial charge in [0.25, 0.3) is 0 Å². The zero-order valence-corrected chi connectivity index (χ0v) is 11.5. The molecule has 0 bridgehead atoms. The number of rotatable bonds is 2. The fourth-order valence-electron chi connectivity index (χ4n) is 2.88. The fraction of sp³-hybridized carbons (Fsp3) is 0.533. The van der Waals surface area contributed by atoms with Crippen LogP contribution in [0.15, 0.2) is 18.2 Å². The predicted molar refractivity (Wildman–Crippen MR) is 73.1 cm³/mol. The Bertz CT molecular complexity index is 475. The molecule has 19 heavy (non-hydrogen) atoms. The zero-order valence-electron chi connectivity index (χ0n) is 11.5. The number of hydrogen-bond donors (Lipinski definition) is 1. The Morgan fingerprint density at radius 2 is 2.21 bits per heavy atom. The second kappa shape index (κ2) is 5.70. The van der Waals surface area contributed by atoms with Crippen molar-refractivity contribution in [3.8, 4) is 0 Å². The summed E-state index contributed by atoms with van der Waals surface area (Å²) < 4.78 is 13.5. The van der Waals surface area contributed by atoms with E-state index in [9.17, 15) is 9.18 Å². The monoisotopic (exact) mass is 264 g/mol. The van der Waals surface area contributed by atoms with Crippen molar-refractivity contribution in [1.29, 1.82) is 0 Å². The minimum atomic E-state index is -0.277. The Morgan fingerprint density at radius 1 is 1.47 bits per heavy atom. The maximum atomic E-state index is 13.5. The Hall–Kier alpha value is -1.42. The van der Waals surface area contributed by atoms with Gasteiger partial charge >= 0.3 is 0 Å². The summed E-state index contributed by atoms with van der Waals surface area (Å²) in [6.45, 7) is 4.48. The van der Waals surface area contributed by atoms with E-state index in [1.165, 1.54) is 12.1 Å². The number of hydrogen-bond acceptors (Lipinski definition) is 2. The van der Waals surface area contributed by atoms with Crippen LogP contribution in [0.4, 0.5) is 4.39 Å². The fourth-order valence-corrected chi connectivity index (χ4v) is 2.88. The average Bonchev–Trinajstić information content (AvgIpc) is 2.51. The number of benzene rings is 1. The van der Waals surface area contributed by atoms with E-state index >= 15 is 0 Å². The highest BCUT2D eigenvalue weighted by Gasteiger charge is 2.32. The summed E-state index contributed by atoms with van der Waals surface area (Å²) in [5, 5.41) is 0. The summed E-state index contributed by atoms with van der Waals surface area (Å²) in [5.41, 5.74) is 8.06. The number of halogens is 1. The first-order valence-corrected chi connectivity index (χ1v) is 6.85. The van der Waals surface area contributed by atoms with Gasteiger partial charge in [-0.25, -0.2) is 4.39 Å². The molecule has 0 aliphatic carbocycles. The van der Waals surface area contributed by atoms with Crippen molar-refractivity contribution in [1.82, 2.24) is 4.90 Å². The van der Waals surface area contributed by atoms with Crippen LogP contribution in [-0.2, 0) is 4.79 Å². The third-order valence-corrected chi connectivity index (χ3v) is 3.89. The van der Waals surface area contributed by atoms with E-state index in [1.54, 1.807) is 11.0 Å². The minimum Gasteiger partial charge on any atom is -0.334 e. The molecule has 2 N–H and O–H groups in total. The molecule has 0 saturated carbocycles. The Labute approximate surface area is 113 Å². The van der Waals surface area contributed by atoms with Crippen molar-refractivity contribution in [2.75, 3.05) is 6.54 Å². The second-order valence-electron chi connectivity index (χ2n) is 5.18. The van der Waals surface area contributed by atoms with Gasteiger partial charge in [-0.15, -0.1) is 0 Å². The molecule has 1 saturated heterocycles. The van der Waals surface area contributed by atoms with E-state index in [2.05, 4.69) is 0 Å². The van der Waals surface area contributed by atoms with Crippen LogP contribution in [0.5, 0.6) is 0 Å². The molecule has 4 heteroatoms. The number of aryl methyl sites for hydroxylation is 1. The van der Waals surface area contributed by atoms with Crippen LogP contribution in [0, 0.1) is 12.7 Å². The third-order valence-electron chi connectivity index (χ3n) is 3.89. The van der Waals surface area contributed by atoms with E-state index < -0.39 is 0 Å². The molecular weight excluding hydrogens is 243 g/mol. The zero-order chi connectivity index (χ0) is 14.0. The summed E-state index contributed by atoms with van der Waals surface area (Å²) in [5.74, 6) is -0.162. The topological polar surface area (TPSA) is 46.3 Å². The lowest BCUT2D eigenvalue weighted by Crippen LogP contribution is -2.42. The highest BCUT2D eigenvalue weighted by atomic mass is 19.1. The van der Waals surface area contributed by atoms with Gasteiger partial charge < -0.3 is 10.6 Å². The van der Waals surface area contributed by atoms with E-state index in [-0.39, 0.29) is 23.8 Å². The van der Waals surface area contributed by atoms with Crippen LogP contribution in [0.1, 0.15) is 43.4 Å². The lowest BCUT2D eigenvalue weighted by atomic mass is 9.93. The van der Waals surface area contributed by atoms with Crippen LogP contribution in [0.3, 0.4) is 0 Å². The first kappa shape index (κ1) is 14.0. The summed E-state index contributed by atoms with van der Waals surface area (Å²) in [6, 6.07) is 4.36. The average molecular weight is 264 g/mol. The molecule has 1 aromatic rings. The highest BCUT2D eigenvalue weighted by molar-refractivity contribution is 5.77. The number of carbonyl (C=O) groups excluding carboxylic acids is 1. The normalized spacial score (nSPS) is 24.4. The van der Waals surface area contributed by atoms with Crippen molar-refractivity contribution in [3.05, 3.63) is 35.1 Å². The van der Waals surface area contributed by atoms with E-state index in [0.717, 1.165) is 24.0 Å². The van der Waals surface area contributed by atoms with Gasteiger partial charge in [0.2, 0.25) is 5.91 Å². The van der Waals surface area contributed by atoms with Gasteiger partial charge in [0, 0.05) is 19.0 Å². The Kier molecular flexibility index (Phi) is 4.20. The summed E-state index contributed by atoms with van der Waals surface area (Å²) in [6.07, 6.45) is 2.14. The van der Waals surface area contributed by atoms with Crippen molar-refractivity contribution in [2.24, 2.45) is 5.73 Å². The molecule has 1 aromatic carbocycles. The molecule has 1 amide bonds. The molecule has 2 atom stereocenters. The van der Waals surface area contributed by atoms with E-state index in [0.29, 0.717) is 13.0 Å². The van der Waals surface area contributed by atoms with Gasteiger partial charge in [-0.05, 0) is 49.9 Å². The predicted octanol–water partition coefficient (Wildman–Crippen LogP) is 2.53. The summed E-state index contributed by atoms with van der Waals surface area (Å²) in [7, 11) is 0. The number of likely N-dealkylation sites (tertiary alicyclic amines) is 1. The van der Waals surface area contributed by atoms with Crippen LogP contribution < -0.4 is 5.73 Å². The van der Waals surface area contributed by atoms with Crippen LogP contribution in [0.25, 0.3) is 0 Å². The Morgan fingerprint density at radius 3 is 2.89 bits per heavy atom. The van der Waals surface area contributed by atoms with E-state index in [1.807, 2.05) is 13.8 Å². The second-order valence-corrected chi connectivity index (χ2v) is 5.18. The van der Waals surface area contributed by atoms with Crippen molar-refractivity contribution in [2.45, 2.75) is 45.2 Å². The summed E-state index contributed by atoms with van der Waals surface area (Å²) in [4.78, 5) is 13.9. The molecule has 1 aliphatic heterocycles. The molecule has 1 fully saturated rings. The molecule has 0 aromatic heterocycles. The van der Waals surface area contributed by atoms with Gasteiger partial charge in [0.1, 0.15) is 5.82 Å². The largest absolute Gasteiger partial charge is 0.334 e. The van der Waals surface area contributed by atoms with Gasteiger partial charge in [0.05, 0.1) is 6.04 Å². The molecule has 0 radical (unpaired) electrons. The quantitative estimate of drug-likeness (QED) is 0.892. The smallest absolute Gasteiger partial charge is 0.223 e. The molecule has 104 valence electrons. The number of amides is 1. The molecule has 1 heterocycles. The number of carbonyl (C=O) groups is 1. The van der Waals surface area contributed by atoms with Crippen LogP contribution in [0.2, 0.25) is 0 Å². The van der Waals surface area contributed by atoms with Gasteiger partial charge in [-0.3, -0.25) is 4.79 Å². The molecule has 1 aliphatic rings. The minimum absolute atomic E-state index is 0.115. The first-order valence-electron chi connectivity index (χ1n) is 6.85. The third kappa shape index (κ3) is 2.78. The molecule has 2 rings (SSSR count). The van der Waals surface area contributed by atoms with E-state index in [4.69, 9.17) is 5.73 Å². The van der Waals surface area contributed by atoms with Crippen LogP contribution >= 0.6 is 0 Å². The molecular formula is C15H21FN2O. The number of likely N-dealkylation sites (N-methyl/N-ethyl adjacent to an activating group) is 1. The van der Waals surface area contributed by atoms with Crippen molar-refractivity contribution < 1.29 is 9.18 Å². The van der Waals surface area contributed by atoms with Crippen molar-refractivity contribution in [3.63, 3.8) is 0 Å². The summed E-state index contributed by atoms with van der Waals surface area (Å²) >= 11 is 0. The maximum Gasteiger partial charge on any atom is 0.223 e. The van der Waals surface area contributed by atoms with Crippen LogP contribution in [-0.4, -0.2) is 23.4 Å². The first-order chi connectivity index (χ1) is 9.04. The maximum absolute atomic E-state index is 13.5. The molecule has 2 unspecified atom stereocenters. The highest BCUT2D eigenvalue weighted by Crippen LogP contribution is 2.32.